The SMILES string of the molecule is COc1ccccc1OC(C)C(=O)Nc1nc2ccc(Cl)cc2s1. The third-order valence-electron chi connectivity index (χ3n) is 3.32. The van der Waals surface area contributed by atoms with Gasteiger partial charge >= 0.3 is 0 Å². The van der Waals surface area contributed by atoms with Crippen LogP contribution >= 0.6 is 22.9 Å². The summed E-state index contributed by atoms with van der Waals surface area (Å²) in [6.45, 7) is 1.67. The Kier molecular flexibility index (Phi) is 4.87. The minimum atomic E-state index is -0.697. The van der Waals surface area contributed by atoms with Crippen LogP contribution in [0.4, 0.5) is 5.13 Å². The summed E-state index contributed by atoms with van der Waals surface area (Å²) in [6.07, 6.45) is -0.697. The lowest BCUT2D eigenvalue weighted by molar-refractivity contribution is -0.122. The topological polar surface area (TPSA) is 60.5 Å². The van der Waals surface area contributed by atoms with Crippen LogP contribution in [-0.4, -0.2) is 24.1 Å². The van der Waals surface area contributed by atoms with Crippen LogP contribution in [0.3, 0.4) is 0 Å². The van der Waals surface area contributed by atoms with Crippen molar-refractivity contribution in [3.8, 4) is 11.5 Å². The van der Waals surface area contributed by atoms with Gasteiger partial charge in [-0.25, -0.2) is 4.98 Å². The number of halogens is 1. The summed E-state index contributed by atoms with van der Waals surface area (Å²) in [6, 6.07) is 12.6. The highest BCUT2D eigenvalue weighted by Gasteiger charge is 2.18. The van der Waals surface area contributed by atoms with Crippen molar-refractivity contribution in [1.82, 2.24) is 4.98 Å². The van der Waals surface area contributed by atoms with Crippen molar-refractivity contribution in [1.29, 1.82) is 0 Å². The number of nitrogens with one attached hydrogen (secondary N) is 1. The van der Waals surface area contributed by atoms with Gasteiger partial charge in [-0.05, 0) is 37.3 Å². The van der Waals surface area contributed by atoms with E-state index < -0.39 is 6.10 Å². The lowest BCUT2D eigenvalue weighted by atomic mass is 10.3. The second kappa shape index (κ2) is 7.07. The van der Waals surface area contributed by atoms with Crippen molar-refractivity contribution in [2.24, 2.45) is 0 Å². The van der Waals surface area contributed by atoms with E-state index in [4.69, 9.17) is 21.1 Å². The van der Waals surface area contributed by atoms with E-state index in [-0.39, 0.29) is 5.91 Å². The van der Waals surface area contributed by atoms with Crippen LogP contribution < -0.4 is 14.8 Å². The van der Waals surface area contributed by atoms with Gasteiger partial charge in [0, 0.05) is 5.02 Å². The van der Waals surface area contributed by atoms with Gasteiger partial charge in [0.25, 0.3) is 5.91 Å². The van der Waals surface area contributed by atoms with Gasteiger partial charge in [0.05, 0.1) is 17.3 Å². The summed E-state index contributed by atoms with van der Waals surface area (Å²) < 4.78 is 11.8. The van der Waals surface area contributed by atoms with E-state index in [0.717, 1.165) is 10.2 Å². The lowest BCUT2D eigenvalue weighted by Crippen LogP contribution is -2.30. The van der Waals surface area contributed by atoms with Gasteiger partial charge < -0.3 is 9.47 Å². The van der Waals surface area contributed by atoms with Crippen LogP contribution in [0.15, 0.2) is 42.5 Å². The van der Waals surface area contributed by atoms with Gasteiger partial charge in [-0.1, -0.05) is 35.1 Å². The highest BCUT2D eigenvalue weighted by molar-refractivity contribution is 7.22. The number of amides is 1. The number of nitrogens with zero attached hydrogens (tertiary/aromatic N) is 1. The highest BCUT2D eigenvalue weighted by atomic mass is 35.5. The Morgan fingerprint density at radius 3 is 2.75 bits per heavy atom. The summed E-state index contributed by atoms with van der Waals surface area (Å²) in [5.74, 6) is 0.802. The van der Waals surface area contributed by atoms with Crippen molar-refractivity contribution < 1.29 is 14.3 Å². The van der Waals surface area contributed by atoms with E-state index in [1.165, 1.54) is 11.3 Å². The molecule has 0 fully saturated rings. The first kappa shape index (κ1) is 16.5. The summed E-state index contributed by atoms with van der Waals surface area (Å²) in [4.78, 5) is 16.7. The van der Waals surface area contributed by atoms with Crippen molar-refractivity contribution in [3.05, 3.63) is 47.5 Å². The summed E-state index contributed by atoms with van der Waals surface area (Å²) in [5, 5.41) is 3.91. The molecule has 1 unspecified atom stereocenters. The molecule has 1 heterocycles. The molecule has 0 bridgehead atoms. The zero-order valence-electron chi connectivity index (χ0n) is 13.1. The van der Waals surface area contributed by atoms with Crippen LogP contribution in [-0.2, 0) is 4.79 Å². The molecule has 0 aliphatic heterocycles. The molecule has 3 aromatic rings. The van der Waals surface area contributed by atoms with E-state index >= 15 is 0 Å². The maximum Gasteiger partial charge on any atom is 0.266 e. The van der Waals surface area contributed by atoms with E-state index in [1.807, 2.05) is 24.3 Å². The first-order valence-electron chi connectivity index (χ1n) is 7.23. The number of carbonyl (C=O) groups excluding carboxylic acids is 1. The number of hydrogen-bond acceptors (Lipinski definition) is 5. The molecule has 0 radical (unpaired) electrons. The molecule has 5 nitrogen and oxygen atoms in total. The van der Waals surface area contributed by atoms with E-state index in [1.54, 1.807) is 32.2 Å². The summed E-state index contributed by atoms with van der Waals surface area (Å²) in [5.41, 5.74) is 0.790. The number of methoxy groups -OCH3 is 1. The van der Waals surface area contributed by atoms with Crippen LogP contribution in [0.2, 0.25) is 5.02 Å². The largest absolute Gasteiger partial charge is 0.493 e. The molecule has 1 aromatic heterocycles. The van der Waals surface area contributed by atoms with E-state index in [2.05, 4.69) is 10.3 Å². The number of thiazole rings is 1. The maximum absolute atomic E-state index is 12.3. The minimum absolute atomic E-state index is 0.286. The molecule has 1 atom stereocenters. The monoisotopic (exact) mass is 362 g/mol. The fourth-order valence-electron chi connectivity index (χ4n) is 2.12. The zero-order valence-corrected chi connectivity index (χ0v) is 14.6. The van der Waals surface area contributed by atoms with Crippen molar-refractivity contribution >= 4 is 44.2 Å². The van der Waals surface area contributed by atoms with Gasteiger partial charge in [-0.3, -0.25) is 10.1 Å². The molecule has 1 amide bonds. The third kappa shape index (κ3) is 3.60. The molecule has 1 N–H and O–H groups in total. The molecular weight excluding hydrogens is 348 g/mol. The number of rotatable bonds is 5. The zero-order chi connectivity index (χ0) is 17.1. The summed E-state index contributed by atoms with van der Waals surface area (Å²) in [7, 11) is 1.55. The van der Waals surface area contributed by atoms with Gasteiger partial charge in [-0.15, -0.1) is 0 Å². The number of ether oxygens (including phenoxy) is 2. The van der Waals surface area contributed by atoms with Gasteiger partial charge in [0.2, 0.25) is 0 Å². The van der Waals surface area contributed by atoms with E-state index in [0.29, 0.717) is 21.7 Å². The quantitative estimate of drug-likeness (QED) is 0.732. The minimum Gasteiger partial charge on any atom is -0.493 e. The number of carbonyl (C=O) groups is 1. The Balaban J connectivity index is 1.71. The number of fused-ring (bicyclic) bond motifs is 1. The van der Waals surface area contributed by atoms with Gasteiger partial charge in [0.1, 0.15) is 0 Å². The fourth-order valence-corrected chi connectivity index (χ4v) is 3.26. The van der Waals surface area contributed by atoms with Gasteiger partial charge in [-0.2, -0.15) is 0 Å². The van der Waals surface area contributed by atoms with Crippen molar-refractivity contribution in [3.63, 3.8) is 0 Å². The highest BCUT2D eigenvalue weighted by Crippen LogP contribution is 2.29. The number of benzene rings is 2. The summed E-state index contributed by atoms with van der Waals surface area (Å²) >= 11 is 7.33. The third-order valence-corrected chi connectivity index (χ3v) is 4.49. The number of aromatic nitrogens is 1. The van der Waals surface area contributed by atoms with Gasteiger partial charge in [0.15, 0.2) is 22.7 Å². The maximum atomic E-state index is 12.3. The predicted octanol–water partition coefficient (Wildman–Crippen LogP) is 4.36. The lowest BCUT2D eigenvalue weighted by Gasteiger charge is -2.15. The standard InChI is InChI=1S/C17H15ClN2O3S/c1-10(23-14-6-4-3-5-13(14)22-2)16(21)20-17-19-12-8-7-11(18)9-15(12)24-17/h3-10H,1-2H3,(H,19,20,21). The molecule has 0 aliphatic rings. The molecule has 7 heteroatoms. The second-order valence-electron chi connectivity index (χ2n) is 5.03. The number of anilines is 1. The first-order valence-corrected chi connectivity index (χ1v) is 8.43. The molecule has 0 saturated carbocycles. The first-order chi connectivity index (χ1) is 11.6. The Labute approximate surface area is 148 Å². The molecule has 124 valence electrons. The number of para-hydroxylation sites is 2. The molecule has 2 aromatic carbocycles. The van der Waals surface area contributed by atoms with E-state index in [9.17, 15) is 4.79 Å². The fraction of sp³-hybridized carbons (Fsp3) is 0.176. The average Bonchev–Trinajstić information content (AvgIpc) is 2.96. The smallest absolute Gasteiger partial charge is 0.266 e. The normalized spacial score (nSPS) is 12.0. The van der Waals surface area contributed by atoms with Crippen LogP contribution in [0.25, 0.3) is 10.2 Å². The molecule has 0 aliphatic carbocycles. The van der Waals surface area contributed by atoms with Crippen LogP contribution in [0.1, 0.15) is 6.92 Å². The molecule has 3 rings (SSSR count). The Morgan fingerprint density at radius 1 is 1.25 bits per heavy atom. The predicted molar refractivity (Wildman–Crippen MR) is 96.3 cm³/mol. The Bertz CT molecular complexity index is 881. The Morgan fingerprint density at radius 2 is 2.00 bits per heavy atom. The Hall–Kier alpha value is -2.31. The van der Waals surface area contributed by atoms with Crippen LogP contribution in [0, 0.1) is 0 Å². The molecule has 0 saturated heterocycles. The van der Waals surface area contributed by atoms with Crippen molar-refractivity contribution in [2.45, 2.75) is 13.0 Å². The average molecular weight is 363 g/mol. The van der Waals surface area contributed by atoms with Crippen molar-refractivity contribution in [2.75, 3.05) is 12.4 Å². The molecular formula is C17H15ClN2O3S. The second-order valence-corrected chi connectivity index (χ2v) is 6.50. The number of hydrogen-bond donors (Lipinski definition) is 1. The molecule has 0 spiro atoms. The van der Waals surface area contributed by atoms with Crippen LogP contribution in [0.5, 0.6) is 11.5 Å². The molecule has 24 heavy (non-hydrogen) atoms.